The van der Waals surface area contributed by atoms with Crippen molar-refractivity contribution >= 4 is 17.3 Å². The molecule has 0 spiro atoms. The monoisotopic (exact) mass is 306 g/mol. The molecule has 1 aliphatic heterocycles. The largest absolute Gasteiger partial charge is 0.508 e. The SMILES string of the molecule is Cc1ccc(N2N=C3c4ccc(O)cc4CCC3CC2=O)cc1. The van der Waals surface area contributed by atoms with E-state index in [4.69, 9.17) is 0 Å². The molecule has 0 aromatic heterocycles. The van der Waals surface area contributed by atoms with Crippen molar-refractivity contribution in [2.24, 2.45) is 11.0 Å². The predicted octanol–water partition coefficient (Wildman–Crippen LogP) is 3.40. The minimum atomic E-state index is 0.0461. The first-order chi connectivity index (χ1) is 11.1. The van der Waals surface area contributed by atoms with Gasteiger partial charge in [-0.25, -0.2) is 5.01 Å². The van der Waals surface area contributed by atoms with Crippen LogP contribution in [-0.2, 0) is 11.2 Å². The second kappa shape index (κ2) is 5.23. The number of hydrogen-bond acceptors (Lipinski definition) is 3. The molecule has 1 unspecified atom stereocenters. The number of hydrogen-bond donors (Lipinski definition) is 1. The highest BCUT2D eigenvalue weighted by molar-refractivity contribution is 6.11. The molecule has 2 aliphatic rings. The first kappa shape index (κ1) is 14.0. The number of carbonyl (C=O) groups is 1. The van der Waals surface area contributed by atoms with Gasteiger partial charge in [0.05, 0.1) is 11.4 Å². The number of fused-ring (bicyclic) bond motifs is 3. The van der Waals surface area contributed by atoms with Crippen molar-refractivity contribution in [3.8, 4) is 5.75 Å². The standard InChI is InChI=1S/C19H18N2O2/c1-12-2-6-15(7-3-12)21-18(23)11-14-5-4-13-10-16(22)8-9-17(13)19(14)20-21/h2-3,6-10,14,22H,4-5,11H2,1H3. The van der Waals surface area contributed by atoms with E-state index in [0.29, 0.717) is 6.42 Å². The van der Waals surface area contributed by atoms with Gasteiger partial charge in [-0.05, 0) is 55.7 Å². The number of anilines is 1. The molecule has 0 bridgehead atoms. The molecule has 1 N–H and O–H groups in total. The maximum absolute atomic E-state index is 12.5. The number of aromatic hydroxyl groups is 1. The number of benzene rings is 2. The summed E-state index contributed by atoms with van der Waals surface area (Å²) < 4.78 is 0. The van der Waals surface area contributed by atoms with E-state index in [1.807, 2.05) is 37.3 Å². The van der Waals surface area contributed by atoms with Crippen molar-refractivity contribution in [2.45, 2.75) is 26.2 Å². The van der Waals surface area contributed by atoms with Gasteiger partial charge in [0, 0.05) is 17.9 Å². The first-order valence-corrected chi connectivity index (χ1v) is 7.92. The second-order valence-corrected chi connectivity index (χ2v) is 6.31. The van der Waals surface area contributed by atoms with Gasteiger partial charge in [-0.15, -0.1) is 0 Å². The van der Waals surface area contributed by atoms with E-state index in [1.165, 1.54) is 5.01 Å². The molecule has 0 fully saturated rings. The van der Waals surface area contributed by atoms with Crippen LogP contribution < -0.4 is 5.01 Å². The fourth-order valence-corrected chi connectivity index (χ4v) is 3.41. The summed E-state index contributed by atoms with van der Waals surface area (Å²) in [5, 5.41) is 15.9. The molecule has 1 heterocycles. The molecule has 4 heteroatoms. The van der Waals surface area contributed by atoms with Crippen LogP contribution in [-0.4, -0.2) is 16.7 Å². The first-order valence-electron chi connectivity index (χ1n) is 7.92. The van der Waals surface area contributed by atoms with Crippen LogP contribution in [0.3, 0.4) is 0 Å². The molecular weight excluding hydrogens is 288 g/mol. The molecule has 4 rings (SSSR count). The Labute approximate surface area is 135 Å². The number of rotatable bonds is 1. The zero-order valence-corrected chi connectivity index (χ0v) is 13.0. The Morgan fingerprint density at radius 1 is 1.17 bits per heavy atom. The molecule has 4 nitrogen and oxygen atoms in total. The molecule has 0 saturated heterocycles. The number of amides is 1. The van der Waals surface area contributed by atoms with Crippen LogP contribution in [0.1, 0.15) is 29.5 Å². The lowest BCUT2D eigenvalue weighted by molar-refractivity contribution is -0.119. The minimum Gasteiger partial charge on any atom is -0.508 e. The number of carbonyl (C=O) groups excluding carboxylic acids is 1. The Hall–Kier alpha value is -2.62. The van der Waals surface area contributed by atoms with Gasteiger partial charge in [0.25, 0.3) is 0 Å². The van der Waals surface area contributed by atoms with Crippen LogP contribution in [0.15, 0.2) is 47.6 Å². The maximum Gasteiger partial charge on any atom is 0.248 e. The van der Waals surface area contributed by atoms with Gasteiger partial charge in [-0.1, -0.05) is 17.7 Å². The zero-order chi connectivity index (χ0) is 16.0. The van der Waals surface area contributed by atoms with Crippen molar-refractivity contribution < 1.29 is 9.90 Å². The number of nitrogens with zero attached hydrogens (tertiary/aromatic N) is 2. The maximum atomic E-state index is 12.5. The Balaban J connectivity index is 1.79. The summed E-state index contributed by atoms with van der Waals surface area (Å²) in [6.45, 7) is 2.02. The van der Waals surface area contributed by atoms with Gasteiger partial charge in [0.15, 0.2) is 0 Å². The Morgan fingerprint density at radius 3 is 2.74 bits per heavy atom. The van der Waals surface area contributed by atoms with Crippen LogP contribution in [0.4, 0.5) is 5.69 Å². The summed E-state index contributed by atoms with van der Waals surface area (Å²) in [7, 11) is 0. The van der Waals surface area contributed by atoms with Gasteiger partial charge in [-0.2, -0.15) is 5.10 Å². The highest BCUT2D eigenvalue weighted by Crippen LogP contribution is 2.34. The molecule has 1 atom stereocenters. The van der Waals surface area contributed by atoms with Crippen LogP contribution >= 0.6 is 0 Å². The van der Waals surface area contributed by atoms with Crippen LogP contribution in [0.25, 0.3) is 0 Å². The number of phenolic OH excluding ortho intramolecular Hbond substituents is 1. The van der Waals surface area contributed by atoms with Gasteiger partial charge in [0.1, 0.15) is 5.75 Å². The van der Waals surface area contributed by atoms with E-state index in [1.54, 1.807) is 12.1 Å². The molecular formula is C19H18N2O2. The van der Waals surface area contributed by atoms with Crippen LogP contribution in [0, 0.1) is 12.8 Å². The average Bonchev–Trinajstić information content (AvgIpc) is 2.55. The van der Waals surface area contributed by atoms with Crippen molar-refractivity contribution in [1.29, 1.82) is 0 Å². The summed E-state index contributed by atoms with van der Waals surface area (Å²) in [6.07, 6.45) is 2.28. The van der Waals surface area contributed by atoms with Crippen LogP contribution in [0.2, 0.25) is 0 Å². The lowest BCUT2D eigenvalue weighted by Gasteiger charge is -2.33. The van der Waals surface area contributed by atoms with Crippen molar-refractivity contribution in [1.82, 2.24) is 0 Å². The predicted molar refractivity (Wildman–Crippen MR) is 89.7 cm³/mol. The summed E-state index contributed by atoms with van der Waals surface area (Å²) in [6, 6.07) is 13.2. The normalized spacial score (nSPS) is 19.9. The smallest absolute Gasteiger partial charge is 0.248 e. The van der Waals surface area contributed by atoms with Gasteiger partial charge < -0.3 is 5.11 Å². The highest BCUT2D eigenvalue weighted by atomic mass is 16.3. The molecule has 23 heavy (non-hydrogen) atoms. The fraction of sp³-hybridized carbons (Fsp3) is 0.263. The third kappa shape index (κ3) is 2.40. The average molecular weight is 306 g/mol. The van der Waals surface area contributed by atoms with E-state index >= 15 is 0 Å². The molecule has 0 saturated carbocycles. The van der Waals surface area contributed by atoms with Gasteiger partial charge >= 0.3 is 0 Å². The number of aryl methyl sites for hydroxylation is 2. The number of phenols is 1. The second-order valence-electron chi connectivity index (χ2n) is 6.31. The minimum absolute atomic E-state index is 0.0461. The van der Waals surface area contributed by atoms with E-state index < -0.39 is 0 Å². The molecule has 2 aromatic carbocycles. The Morgan fingerprint density at radius 2 is 1.96 bits per heavy atom. The van der Waals surface area contributed by atoms with Crippen molar-refractivity contribution in [3.63, 3.8) is 0 Å². The quantitative estimate of drug-likeness (QED) is 0.878. The fourth-order valence-electron chi connectivity index (χ4n) is 3.41. The Kier molecular flexibility index (Phi) is 3.18. The van der Waals surface area contributed by atoms with Crippen molar-refractivity contribution in [2.75, 3.05) is 5.01 Å². The van der Waals surface area contributed by atoms with E-state index in [-0.39, 0.29) is 17.6 Å². The summed E-state index contributed by atoms with van der Waals surface area (Å²) in [4.78, 5) is 12.5. The Bertz CT molecular complexity index is 809. The molecule has 0 radical (unpaired) electrons. The lowest BCUT2D eigenvalue weighted by atomic mass is 9.79. The zero-order valence-electron chi connectivity index (χ0n) is 13.0. The highest BCUT2D eigenvalue weighted by Gasteiger charge is 2.34. The topological polar surface area (TPSA) is 52.9 Å². The molecule has 2 aromatic rings. The molecule has 116 valence electrons. The summed E-state index contributed by atoms with van der Waals surface area (Å²) >= 11 is 0. The van der Waals surface area contributed by atoms with Gasteiger partial charge in [0.2, 0.25) is 5.91 Å². The summed E-state index contributed by atoms with van der Waals surface area (Å²) in [5.74, 6) is 0.510. The number of hydrazone groups is 1. The third-order valence-corrected chi connectivity index (χ3v) is 4.66. The van der Waals surface area contributed by atoms with Crippen molar-refractivity contribution in [3.05, 3.63) is 59.2 Å². The van der Waals surface area contributed by atoms with E-state index in [0.717, 1.165) is 40.9 Å². The third-order valence-electron chi connectivity index (χ3n) is 4.66. The van der Waals surface area contributed by atoms with E-state index in [9.17, 15) is 9.90 Å². The summed E-state index contributed by atoms with van der Waals surface area (Å²) in [5.41, 5.74) is 5.09. The van der Waals surface area contributed by atoms with Gasteiger partial charge in [-0.3, -0.25) is 4.79 Å². The molecule has 1 aliphatic carbocycles. The molecule has 1 amide bonds. The lowest BCUT2D eigenvalue weighted by Crippen LogP contribution is -2.39. The van der Waals surface area contributed by atoms with E-state index in [2.05, 4.69) is 5.10 Å². The van der Waals surface area contributed by atoms with Crippen LogP contribution in [0.5, 0.6) is 5.75 Å².